The number of imidazole rings is 1. The van der Waals surface area contributed by atoms with Gasteiger partial charge in [-0.2, -0.15) is 0 Å². The van der Waals surface area contributed by atoms with Crippen LogP contribution in [0.2, 0.25) is 0 Å². The van der Waals surface area contributed by atoms with Gasteiger partial charge in [0.1, 0.15) is 11.5 Å². The summed E-state index contributed by atoms with van der Waals surface area (Å²) < 4.78 is 0. The Balaban J connectivity index is 1.23. The highest BCUT2D eigenvalue weighted by atomic mass is 16.1. The van der Waals surface area contributed by atoms with Crippen molar-refractivity contribution in [2.45, 2.75) is 0 Å². The molecule has 0 bridgehead atoms. The molecule has 36 heavy (non-hydrogen) atoms. The molecule has 1 aromatic carbocycles. The molecule has 0 radical (unpaired) electrons. The van der Waals surface area contributed by atoms with Crippen LogP contribution in [0.4, 0.5) is 11.4 Å². The first kappa shape index (κ1) is 21.8. The third-order valence-electron chi connectivity index (χ3n) is 6.70. The highest BCUT2D eigenvalue weighted by molar-refractivity contribution is 5.93. The van der Waals surface area contributed by atoms with Gasteiger partial charge in [-0.25, -0.2) is 4.98 Å². The van der Waals surface area contributed by atoms with E-state index in [9.17, 15) is 9.59 Å². The number of rotatable bonds is 4. The van der Waals surface area contributed by atoms with Gasteiger partial charge in [-0.05, 0) is 36.4 Å². The standard InChI is InChI=1S/C27H25N7O2/c1-28-26(35)23-16-18(9-10-29-23)34-13-11-33(12-14-34)17-7-8-21-22(15-17)31-25(30-21)24-19-5-3-2-4-6-20(19)32-27(24)36/h2-10,15-16H,11-14H2,1H3,(H,28,35)(H,30,31)(H,32,36). The number of H-pyrrole nitrogens is 2. The molecule has 3 aliphatic rings. The predicted octanol–water partition coefficient (Wildman–Crippen LogP) is 3.10. The second kappa shape index (κ2) is 8.84. The zero-order valence-electron chi connectivity index (χ0n) is 19.8. The minimum Gasteiger partial charge on any atom is -0.368 e. The van der Waals surface area contributed by atoms with Crippen LogP contribution in [-0.2, 0) is 0 Å². The number of aromatic nitrogens is 4. The van der Waals surface area contributed by atoms with Crippen molar-refractivity contribution in [2.75, 3.05) is 43.0 Å². The summed E-state index contributed by atoms with van der Waals surface area (Å²) in [6.45, 7) is 3.34. The Morgan fingerprint density at radius 3 is 2.44 bits per heavy atom. The van der Waals surface area contributed by atoms with E-state index in [0.29, 0.717) is 17.1 Å². The van der Waals surface area contributed by atoms with E-state index in [1.165, 1.54) is 0 Å². The minimum atomic E-state index is -0.187. The molecule has 0 atom stereocenters. The van der Waals surface area contributed by atoms with Gasteiger partial charge in [0.15, 0.2) is 0 Å². The molecule has 2 aliphatic heterocycles. The molecule has 3 N–H and O–H groups in total. The van der Waals surface area contributed by atoms with Gasteiger partial charge in [0, 0.05) is 62.1 Å². The summed E-state index contributed by atoms with van der Waals surface area (Å²) >= 11 is 0. The van der Waals surface area contributed by atoms with Gasteiger partial charge in [-0.1, -0.05) is 24.3 Å². The zero-order valence-corrected chi connectivity index (χ0v) is 19.8. The Kier molecular flexibility index (Phi) is 5.37. The van der Waals surface area contributed by atoms with Crippen LogP contribution < -0.4 is 20.7 Å². The summed E-state index contributed by atoms with van der Waals surface area (Å²) in [5.41, 5.74) is 6.27. The highest BCUT2D eigenvalue weighted by Gasteiger charge is 2.21. The summed E-state index contributed by atoms with van der Waals surface area (Å²) in [5, 5.41) is 2.62. The summed E-state index contributed by atoms with van der Waals surface area (Å²) in [5.74, 6) is 0.382. The van der Waals surface area contributed by atoms with E-state index in [1.54, 1.807) is 13.2 Å². The first-order chi connectivity index (χ1) is 17.6. The molecule has 0 saturated carbocycles. The smallest absolute Gasteiger partial charge is 0.269 e. The molecule has 1 saturated heterocycles. The lowest BCUT2D eigenvalue weighted by Crippen LogP contribution is -2.46. The lowest BCUT2D eigenvalue weighted by Gasteiger charge is -2.37. The van der Waals surface area contributed by atoms with E-state index in [0.717, 1.165) is 59.8 Å². The predicted molar refractivity (Wildman–Crippen MR) is 141 cm³/mol. The molecule has 1 amide bonds. The Bertz CT molecular complexity index is 1600. The molecule has 4 heterocycles. The van der Waals surface area contributed by atoms with Crippen molar-refractivity contribution in [3.05, 3.63) is 82.9 Å². The van der Waals surface area contributed by atoms with Crippen molar-refractivity contribution >= 4 is 28.3 Å². The molecule has 2 aromatic heterocycles. The van der Waals surface area contributed by atoms with E-state index in [4.69, 9.17) is 4.98 Å². The van der Waals surface area contributed by atoms with E-state index < -0.39 is 0 Å². The molecule has 1 fully saturated rings. The van der Waals surface area contributed by atoms with Gasteiger partial charge in [0.2, 0.25) is 0 Å². The number of nitrogens with one attached hydrogen (secondary N) is 3. The van der Waals surface area contributed by atoms with E-state index >= 15 is 0 Å². The molecule has 1 aliphatic carbocycles. The zero-order chi connectivity index (χ0) is 24.6. The van der Waals surface area contributed by atoms with Crippen molar-refractivity contribution < 1.29 is 4.79 Å². The average Bonchev–Trinajstić information content (AvgIpc) is 3.39. The second-order valence-corrected chi connectivity index (χ2v) is 8.81. The van der Waals surface area contributed by atoms with E-state index in [1.807, 2.05) is 48.5 Å². The molecule has 9 heteroatoms. The molecule has 3 aromatic rings. The first-order valence-corrected chi connectivity index (χ1v) is 11.9. The Morgan fingerprint density at radius 2 is 1.67 bits per heavy atom. The average molecular weight is 480 g/mol. The molecule has 180 valence electrons. The fraction of sp³-hybridized carbons (Fsp3) is 0.185. The Labute approximate surface area is 207 Å². The lowest BCUT2D eigenvalue weighted by molar-refractivity contribution is 0.0958. The fourth-order valence-corrected chi connectivity index (χ4v) is 4.82. The number of aromatic amines is 2. The van der Waals surface area contributed by atoms with Gasteiger partial charge >= 0.3 is 0 Å². The van der Waals surface area contributed by atoms with E-state index in [-0.39, 0.29) is 11.5 Å². The van der Waals surface area contributed by atoms with Crippen LogP contribution in [0.15, 0.2) is 71.7 Å². The second-order valence-electron chi connectivity index (χ2n) is 8.81. The maximum absolute atomic E-state index is 12.7. The topological polar surface area (TPSA) is 110 Å². The number of carbonyl (C=O) groups excluding carboxylic acids is 1. The van der Waals surface area contributed by atoms with Gasteiger partial charge in [0.25, 0.3) is 11.5 Å². The maximum Gasteiger partial charge on any atom is 0.269 e. The molecule has 0 unspecified atom stereocenters. The number of piperazine rings is 1. The van der Waals surface area contributed by atoms with Gasteiger partial charge in [-0.3, -0.25) is 14.6 Å². The van der Waals surface area contributed by atoms with Crippen LogP contribution in [-0.4, -0.2) is 59.1 Å². The minimum absolute atomic E-state index is 0.151. The molecule has 6 rings (SSSR count). The summed E-state index contributed by atoms with van der Waals surface area (Å²) in [6, 6.07) is 19.5. The monoisotopic (exact) mass is 479 g/mol. The first-order valence-electron chi connectivity index (χ1n) is 11.9. The Morgan fingerprint density at radius 1 is 0.917 bits per heavy atom. The number of benzene rings is 1. The van der Waals surface area contributed by atoms with Crippen LogP contribution in [0.5, 0.6) is 0 Å². The number of pyridine rings is 1. The van der Waals surface area contributed by atoms with Crippen LogP contribution in [0.1, 0.15) is 10.5 Å². The summed E-state index contributed by atoms with van der Waals surface area (Å²) in [6.07, 6.45) is 1.68. The number of hydrogen-bond acceptors (Lipinski definition) is 6. The van der Waals surface area contributed by atoms with Crippen molar-refractivity contribution in [1.82, 2.24) is 25.3 Å². The number of hydrogen-bond donors (Lipinski definition) is 3. The quantitative estimate of drug-likeness (QED) is 0.365. The third kappa shape index (κ3) is 3.84. The molecule has 9 nitrogen and oxygen atoms in total. The summed E-state index contributed by atoms with van der Waals surface area (Å²) in [7, 11) is 1.61. The molecular weight excluding hydrogens is 454 g/mol. The summed E-state index contributed by atoms with van der Waals surface area (Å²) in [4.78, 5) is 44.4. The number of amides is 1. The number of carbonyl (C=O) groups is 1. The molecular formula is C27H25N7O2. The van der Waals surface area contributed by atoms with E-state index in [2.05, 4.69) is 42.2 Å². The molecule has 0 spiro atoms. The van der Waals surface area contributed by atoms with Gasteiger partial charge in [0.05, 0.1) is 16.6 Å². The SMILES string of the molecule is CNC(=O)c1cc(N2CCN(c3ccc4nc(-c5c6cccccc-6[nH]c5=O)[nH]c4c3)CC2)ccn1. The number of fused-ring (bicyclic) bond motifs is 2. The largest absolute Gasteiger partial charge is 0.368 e. The highest BCUT2D eigenvalue weighted by Crippen LogP contribution is 2.30. The van der Waals surface area contributed by atoms with Crippen molar-refractivity contribution in [1.29, 1.82) is 0 Å². The fourth-order valence-electron chi connectivity index (χ4n) is 4.82. The van der Waals surface area contributed by atoms with Crippen molar-refractivity contribution in [3.8, 4) is 22.6 Å². The van der Waals surface area contributed by atoms with Crippen molar-refractivity contribution in [2.24, 2.45) is 0 Å². The maximum atomic E-state index is 12.7. The number of nitrogens with zero attached hydrogens (tertiary/aromatic N) is 4. The third-order valence-corrected chi connectivity index (χ3v) is 6.70. The van der Waals surface area contributed by atoms with Gasteiger partial charge < -0.3 is 25.1 Å². The normalized spacial score (nSPS) is 13.9. The van der Waals surface area contributed by atoms with Crippen LogP contribution >= 0.6 is 0 Å². The van der Waals surface area contributed by atoms with Crippen LogP contribution in [0.25, 0.3) is 33.7 Å². The van der Waals surface area contributed by atoms with Crippen molar-refractivity contribution in [3.63, 3.8) is 0 Å². The van der Waals surface area contributed by atoms with Crippen LogP contribution in [0.3, 0.4) is 0 Å². The number of anilines is 2. The van der Waals surface area contributed by atoms with Gasteiger partial charge in [-0.15, -0.1) is 0 Å². The lowest BCUT2D eigenvalue weighted by atomic mass is 10.1. The van der Waals surface area contributed by atoms with Crippen LogP contribution in [0, 0.1) is 0 Å². The Hall–Kier alpha value is -4.66.